The van der Waals surface area contributed by atoms with Crippen LogP contribution in [0.25, 0.3) is 5.57 Å². The SMILES string of the molecule is CCC1(CC)Cc2ccccc2C2C=CC(c3ccccc3[OH2+])=C[NH+]21. The van der Waals surface area contributed by atoms with E-state index in [1.165, 1.54) is 21.6 Å². The average Bonchev–Trinajstić information content (AvgIpc) is 2.67. The Morgan fingerprint density at radius 2 is 1.76 bits per heavy atom. The molecule has 2 aliphatic rings. The van der Waals surface area contributed by atoms with Crippen molar-refractivity contribution in [2.24, 2.45) is 0 Å². The maximum absolute atomic E-state index is 8.26. The van der Waals surface area contributed by atoms with Crippen molar-refractivity contribution in [2.45, 2.75) is 44.7 Å². The molecule has 0 aliphatic carbocycles. The summed E-state index contributed by atoms with van der Waals surface area (Å²) < 4.78 is 0. The standard InChI is InChI=1S/C23H25NO/c1-3-23(4-2)15-17-9-5-6-10-19(17)21-14-13-18(16-24(21)23)20-11-7-8-12-22(20)25/h5-14,16,21,25H,3-4,15H2,1-2H3/p+2. The van der Waals surface area contributed by atoms with E-state index in [4.69, 9.17) is 5.11 Å². The Morgan fingerprint density at radius 3 is 2.52 bits per heavy atom. The van der Waals surface area contributed by atoms with E-state index in [1.807, 2.05) is 18.2 Å². The van der Waals surface area contributed by atoms with Gasteiger partial charge in [0.15, 0.2) is 0 Å². The van der Waals surface area contributed by atoms with Crippen molar-refractivity contribution in [2.75, 3.05) is 0 Å². The molecule has 2 heteroatoms. The van der Waals surface area contributed by atoms with E-state index in [2.05, 4.69) is 62.5 Å². The molecule has 2 heterocycles. The van der Waals surface area contributed by atoms with Gasteiger partial charge in [-0.05, 0) is 23.8 Å². The Kier molecular flexibility index (Phi) is 4.01. The molecule has 2 aliphatic heterocycles. The molecular weight excluding hydrogens is 306 g/mol. The van der Waals surface area contributed by atoms with Crippen molar-refractivity contribution in [3.63, 3.8) is 0 Å². The highest BCUT2D eigenvalue weighted by molar-refractivity contribution is 5.77. The van der Waals surface area contributed by atoms with Crippen molar-refractivity contribution < 1.29 is 10.0 Å². The first-order valence-corrected chi connectivity index (χ1v) is 9.34. The molecular formula is C23H27NO+2. The monoisotopic (exact) mass is 333 g/mol. The molecule has 0 amide bonds. The van der Waals surface area contributed by atoms with Crippen LogP contribution in [0.5, 0.6) is 5.75 Å². The third-order valence-electron chi connectivity index (χ3n) is 6.24. The van der Waals surface area contributed by atoms with Crippen molar-refractivity contribution in [3.8, 4) is 5.75 Å². The number of benzene rings is 2. The molecule has 2 aromatic rings. The zero-order chi connectivity index (χ0) is 17.4. The van der Waals surface area contributed by atoms with Gasteiger partial charge in [0.05, 0.1) is 5.56 Å². The van der Waals surface area contributed by atoms with Gasteiger partial charge in [-0.3, -0.25) is 4.90 Å². The predicted octanol–water partition coefficient (Wildman–Crippen LogP) is 3.78. The molecule has 0 bridgehead atoms. The number of hydrogen-bond donors (Lipinski definition) is 1. The summed E-state index contributed by atoms with van der Waals surface area (Å²) >= 11 is 0. The fourth-order valence-corrected chi connectivity index (χ4v) is 4.64. The number of para-hydroxylation sites is 1. The van der Waals surface area contributed by atoms with E-state index in [9.17, 15) is 0 Å². The fourth-order valence-electron chi connectivity index (χ4n) is 4.64. The van der Waals surface area contributed by atoms with Crippen LogP contribution in [0.1, 0.15) is 49.4 Å². The normalized spacial score (nSPS) is 23.5. The van der Waals surface area contributed by atoms with Gasteiger partial charge in [-0.25, -0.2) is 0 Å². The van der Waals surface area contributed by atoms with Crippen LogP contribution in [0, 0.1) is 0 Å². The largest absolute Gasteiger partial charge is 0.593 e. The lowest BCUT2D eigenvalue weighted by molar-refractivity contribution is -0.932. The van der Waals surface area contributed by atoms with Crippen LogP contribution in [0.15, 0.2) is 66.9 Å². The minimum absolute atomic E-state index is 0.228. The first-order chi connectivity index (χ1) is 12.2. The van der Waals surface area contributed by atoms with E-state index in [1.54, 1.807) is 0 Å². The first kappa shape index (κ1) is 16.2. The zero-order valence-electron chi connectivity index (χ0n) is 15.0. The lowest BCUT2D eigenvalue weighted by Gasteiger charge is -2.47. The zero-order valence-corrected chi connectivity index (χ0v) is 15.0. The molecule has 25 heavy (non-hydrogen) atoms. The average molecular weight is 333 g/mol. The Bertz CT molecular complexity index is 845. The molecule has 128 valence electrons. The van der Waals surface area contributed by atoms with Gasteiger partial charge >= 0.3 is 0 Å². The summed E-state index contributed by atoms with van der Waals surface area (Å²) in [4.78, 5) is 1.54. The second-order valence-electron chi connectivity index (χ2n) is 7.30. The van der Waals surface area contributed by atoms with E-state index < -0.39 is 0 Å². The highest BCUT2D eigenvalue weighted by atomic mass is 16.3. The summed E-state index contributed by atoms with van der Waals surface area (Å²) in [5, 5.41) is 8.26. The van der Waals surface area contributed by atoms with Crippen LogP contribution in [0.2, 0.25) is 0 Å². The van der Waals surface area contributed by atoms with Gasteiger partial charge in [0.1, 0.15) is 17.8 Å². The molecule has 0 saturated carbocycles. The van der Waals surface area contributed by atoms with Crippen molar-refractivity contribution >= 4 is 5.57 Å². The number of fused-ring (bicyclic) bond motifs is 3. The highest BCUT2D eigenvalue weighted by Crippen LogP contribution is 2.35. The number of allylic oxidation sites excluding steroid dienone is 2. The van der Waals surface area contributed by atoms with E-state index in [-0.39, 0.29) is 5.54 Å². The topological polar surface area (TPSA) is 27.3 Å². The number of rotatable bonds is 3. The predicted molar refractivity (Wildman–Crippen MR) is 104 cm³/mol. The Morgan fingerprint density at radius 1 is 1.04 bits per heavy atom. The summed E-state index contributed by atoms with van der Waals surface area (Å²) in [5.41, 5.74) is 5.40. The summed E-state index contributed by atoms with van der Waals surface area (Å²) in [6.07, 6.45) is 10.4. The Labute approximate surface area is 150 Å². The lowest BCUT2D eigenvalue weighted by atomic mass is 9.75. The molecule has 4 rings (SSSR count). The van der Waals surface area contributed by atoms with Crippen molar-refractivity contribution in [1.82, 2.24) is 0 Å². The van der Waals surface area contributed by atoms with Gasteiger partial charge in [0, 0.05) is 36.5 Å². The molecule has 0 radical (unpaired) electrons. The molecule has 3 N–H and O–H groups in total. The van der Waals surface area contributed by atoms with Gasteiger partial charge in [0.25, 0.3) is 5.75 Å². The third kappa shape index (κ3) is 2.52. The van der Waals surface area contributed by atoms with Gasteiger partial charge in [0.2, 0.25) is 0 Å². The fraction of sp³-hybridized carbons (Fsp3) is 0.304. The van der Waals surface area contributed by atoms with E-state index >= 15 is 0 Å². The second-order valence-corrected chi connectivity index (χ2v) is 7.30. The summed E-state index contributed by atoms with van der Waals surface area (Å²) in [5.74, 6) is 0.604. The molecule has 0 saturated heterocycles. The number of hydrogen-bond acceptors (Lipinski definition) is 0. The van der Waals surface area contributed by atoms with Crippen LogP contribution in [-0.2, 0) is 6.42 Å². The number of nitrogens with one attached hydrogen (secondary N) is 1. The lowest BCUT2D eigenvalue weighted by Crippen LogP contribution is -3.18. The first-order valence-electron chi connectivity index (χ1n) is 9.34. The summed E-state index contributed by atoms with van der Waals surface area (Å²) in [6.45, 7) is 4.65. The van der Waals surface area contributed by atoms with Gasteiger partial charge in [-0.1, -0.05) is 50.2 Å². The molecule has 2 aromatic carbocycles. The van der Waals surface area contributed by atoms with Crippen LogP contribution < -0.4 is 4.90 Å². The molecule has 0 aromatic heterocycles. The molecule has 0 fully saturated rings. The van der Waals surface area contributed by atoms with Gasteiger partial charge in [-0.2, -0.15) is 0 Å². The van der Waals surface area contributed by atoms with E-state index in [0.717, 1.165) is 24.8 Å². The summed E-state index contributed by atoms with van der Waals surface area (Å²) in [7, 11) is 0. The molecule has 2 atom stereocenters. The smallest absolute Gasteiger partial charge is 0.261 e. The van der Waals surface area contributed by atoms with E-state index in [0.29, 0.717) is 11.8 Å². The Hall–Kier alpha value is -2.32. The van der Waals surface area contributed by atoms with Crippen molar-refractivity contribution in [1.29, 1.82) is 0 Å². The molecule has 2 unspecified atom stereocenters. The maximum atomic E-state index is 8.26. The maximum Gasteiger partial charge on any atom is 0.261 e. The highest BCUT2D eigenvalue weighted by Gasteiger charge is 2.47. The number of quaternary nitrogens is 1. The quantitative estimate of drug-likeness (QED) is 0.828. The van der Waals surface area contributed by atoms with Crippen LogP contribution >= 0.6 is 0 Å². The Balaban J connectivity index is 1.84. The minimum Gasteiger partial charge on any atom is -0.593 e. The minimum atomic E-state index is 0.228. The van der Waals surface area contributed by atoms with Gasteiger partial charge < -0.3 is 5.11 Å². The third-order valence-corrected chi connectivity index (χ3v) is 6.24. The summed E-state index contributed by atoms with van der Waals surface area (Å²) in [6, 6.07) is 17.2. The molecule has 2 nitrogen and oxygen atoms in total. The van der Waals surface area contributed by atoms with Gasteiger partial charge in [-0.15, -0.1) is 0 Å². The van der Waals surface area contributed by atoms with Crippen LogP contribution in [-0.4, -0.2) is 10.6 Å². The van der Waals surface area contributed by atoms with Crippen LogP contribution in [0.3, 0.4) is 0 Å². The van der Waals surface area contributed by atoms with Crippen LogP contribution in [0.4, 0.5) is 0 Å². The van der Waals surface area contributed by atoms with Crippen molar-refractivity contribution in [3.05, 3.63) is 83.6 Å². The second kappa shape index (κ2) is 6.20. The molecule has 0 spiro atoms.